The van der Waals surface area contributed by atoms with Crippen molar-refractivity contribution in [3.63, 3.8) is 0 Å². The van der Waals surface area contributed by atoms with Gasteiger partial charge in [0.1, 0.15) is 0 Å². The van der Waals surface area contributed by atoms with Gasteiger partial charge in [-0.1, -0.05) is 13.8 Å². The van der Waals surface area contributed by atoms with Gasteiger partial charge in [0, 0.05) is 0 Å². The molecule has 4 N–H and O–H groups in total. The fraction of sp³-hybridized carbons (Fsp3) is 0.733. The van der Waals surface area contributed by atoms with Crippen molar-refractivity contribution in [3.8, 4) is 0 Å². The van der Waals surface area contributed by atoms with E-state index >= 15 is 0 Å². The minimum atomic E-state index is -1.54. The van der Waals surface area contributed by atoms with Crippen molar-refractivity contribution < 1.29 is 39.6 Å². The summed E-state index contributed by atoms with van der Waals surface area (Å²) < 4.78 is 0. The lowest BCUT2D eigenvalue weighted by Crippen LogP contribution is -2.72. The topological polar surface area (TPSA) is 149 Å². The molecule has 8 nitrogen and oxygen atoms in total. The zero-order valence-corrected chi connectivity index (χ0v) is 12.9. The molecule has 0 aliphatic heterocycles. The van der Waals surface area contributed by atoms with Crippen molar-refractivity contribution in [2.24, 2.45) is 34.5 Å². The van der Waals surface area contributed by atoms with E-state index in [2.05, 4.69) is 0 Å². The highest BCUT2D eigenvalue weighted by Gasteiger charge is 2.76. The fourth-order valence-electron chi connectivity index (χ4n) is 5.17. The van der Waals surface area contributed by atoms with E-state index in [4.69, 9.17) is 0 Å². The molecule has 23 heavy (non-hydrogen) atoms. The molecule has 0 aromatic carbocycles. The van der Waals surface area contributed by atoms with Crippen LogP contribution in [-0.2, 0) is 19.2 Å². The summed E-state index contributed by atoms with van der Waals surface area (Å²) in [5.74, 6) is -9.41. The number of hydrogen-bond donors (Lipinski definition) is 4. The second-order valence-corrected chi connectivity index (χ2v) is 6.86. The van der Waals surface area contributed by atoms with E-state index in [0.29, 0.717) is 0 Å². The molecule has 0 bridgehead atoms. The molecule has 2 fully saturated rings. The van der Waals surface area contributed by atoms with Gasteiger partial charge in [-0.25, -0.2) is 0 Å². The van der Waals surface area contributed by atoms with Crippen LogP contribution in [0.5, 0.6) is 0 Å². The summed E-state index contributed by atoms with van der Waals surface area (Å²) in [6.45, 7) is 3.14. The minimum Gasteiger partial charge on any atom is -0.481 e. The molecule has 0 aromatic heterocycles. The Morgan fingerprint density at radius 2 is 1.48 bits per heavy atom. The average Bonchev–Trinajstić information content (AvgIpc) is 2.40. The second kappa shape index (κ2) is 5.21. The Balaban J connectivity index is 2.52. The lowest BCUT2D eigenvalue weighted by atomic mass is 9.33. The van der Waals surface area contributed by atoms with Crippen LogP contribution < -0.4 is 0 Å². The van der Waals surface area contributed by atoms with Crippen molar-refractivity contribution in [3.05, 3.63) is 0 Å². The molecule has 0 saturated heterocycles. The van der Waals surface area contributed by atoms with Gasteiger partial charge in [0.2, 0.25) is 0 Å². The standard InChI is InChI=1S/C15H20O8/c1-3-15(13(22)23)8-4-6(10(16)17)7(11(18)19)5-14(8,2)9(15)12(20)21/h6-9H,3-5H2,1-2H3,(H,16,17)(H,18,19)(H,20,21)(H,22,23). The molecule has 0 aromatic rings. The van der Waals surface area contributed by atoms with Gasteiger partial charge in [-0.2, -0.15) is 0 Å². The van der Waals surface area contributed by atoms with Crippen molar-refractivity contribution in [1.29, 1.82) is 0 Å². The molecule has 0 amide bonds. The van der Waals surface area contributed by atoms with E-state index in [0.717, 1.165) is 0 Å². The summed E-state index contributed by atoms with van der Waals surface area (Å²) in [6, 6.07) is 0. The van der Waals surface area contributed by atoms with Crippen LogP contribution in [0.2, 0.25) is 0 Å². The molecule has 128 valence electrons. The number of carbonyl (C=O) groups is 4. The van der Waals surface area contributed by atoms with Crippen molar-refractivity contribution in [2.75, 3.05) is 0 Å². The van der Waals surface area contributed by atoms with Gasteiger partial charge in [-0.3, -0.25) is 19.2 Å². The van der Waals surface area contributed by atoms with E-state index in [1.54, 1.807) is 13.8 Å². The van der Waals surface area contributed by atoms with E-state index < -0.39 is 58.4 Å². The minimum absolute atomic E-state index is 0.0592. The van der Waals surface area contributed by atoms with Crippen molar-refractivity contribution in [1.82, 2.24) is 0 Å². The van der Waals surface area contributed by atoms with Crippen LogP contribution in [0, 0.1) is 34.5 Å². The summed E-state index contributed by atoms with van der Waals surface area (Å²) in [7, 11) is 0. The lowest BCUT2D eigenvalue weighted by Gasteiger charge is -2.67. The maximum absolute atomic E-state index is 11.8. The Labute approximate surface area is 132 Å². The Hall–Kier alpha value is -2.12. The lowest BCUT2D eigenvalue weighted by molar-refractivity contribution is -0.246. The molecule has 0 spiro atoms. The highest BCUT2D eigenvalue weighted by molar-refractivity contribution is 5.88. The zero-order valence-electron chi connectivity index (χ0n) is 12.9. The Morgan fingerprint density at radius 3 is 1.83 bits per heavy atom. The van der Waals surface area contributed by atoms with Gasteiger partial charge in [0.25, 0.3) is 0 Å². The third-order valence-electron chi connectivity index (χ3n) is 6.09. The third-order valence-corrected chi connectivity index (χ3v) is 6.09. The van der Waals surface area contributed by atoms with Crippen LogP contribution in [-0.4, -0.2) is 44.3 Å². The molecule has 0 heterocycles. The quantitative estimate of drug-likeness (QED) is 0.584. The molecular weight excluding hydrogens is 308 g/mol. The van der Waals surface area contributed by atoms with Gasteiger partial charge in [-0.15, -0.1) is 0 Å². The number of carboxylic acid groups (broad SMARTS) is 4. The maximum atomic E-state index is 11.8. The SMILES string of the molecule is CCC1(C(=O)O)C2CC(C(=O)O)C(C(=O)O)CC2(C)C1C(=O)O. The van der Waals surface area contributed by atoms with E-state index in [9.17, 15) is 39.6 Å². The molecule has 8 heteroatoms. The first-order valence-electron chi connectivity index (χ1n) is 7.45. The van der Waals surface area contributed by atoms with E-state index in [1.807, 2.05) is 0 Å². The smallest absolute Gasteiger partial charge is 0.310 e. The van der Waals surface area contributed by atoms with Gasteiger partial charge < -0.3 is 20.4 Å². The normalized spacial score (nSPS) is 42.2. The molecule has 2 rings (SSSR count). The van der Waals surface area contributed by atoms with E-state index in [1.165, 1.54) is 0 Å². The van der Waals surface area contributed by atoms with Crippen LogP contribution in [0.1, 0.15) is 33.1 Å². The van der Waals surface area contributed by atoms with Crippen molar-refractivity contribution in [2.45, 2.75) is 33.1 Å². The molecule has 6 atom stereocenters. The number of hydrogen-bond acceptors (Lipinski definition) is 4. The predicted molar refractivity (Wildman–Crippen MR) is 74.6 cm³/mol. The molecule has 2 saturated carbocycles. The van der Waals surface area contributed by atoms with Gasteiger partial charge in [-0.05, 0) is 30.6 Å². The Bertz CT molecular complexity index is 584. The van der Waals surface area contributed by atoms with Crippen LogP contribution in [0.4, 0.5) is 0 Å². The third kappa shape index (κ3) is 2.04. The van der Waals surface area contributed by atoms with Crippen LogP contribution in [0.25, 0.3) is 0 Å². The first-order chi connectivity index (χ1) is 10.5. The first-order valence-corrected chi connectivity index (χ1v) is 7.45. The molecule has 2 aliphatic rings. The van der Waals surface area contributed by atoms with Gasteiger partial charge in [0.05, 0.1) is 23.2 Å². The monoisotopic (exact) mass is 328 g/mol. The number of aliphatic carboxylic acids is 4. The number of carboxylic acids is 4. The summed E-state index contributed by atoms with van der Waals surface area (Å²) in [5.41, 5.74) is -2.58. The average molecular weight is 328 g/mol. The predicted octanol–water partition coefficient (Wildman–Crippen LogP) is 1.000. The second-order valence-electron chi connectivity index (χ2n) is 6.86. The molecule has 6 unspecified atom stereocenters. The number of fused-ring (bicyclic) bond motifs is 1. The summed E-state index contributed by atoms with van der Waals surface area (Å²) in [5, 5.41) is 37.7. The highest BCUT2D eigenvalue weighted by atomic mass is 16.4. The molecular formula is C15H20O8. The van der Waals surface area contributed by atoms with Gasteiger partial charge >= 0.3 is 23.9 Å². The summed E-state index contributed by atoms with van der Waals surface area (Å²) in [4.78, 5) is 46.3. The van der Waals surface area contributed by atoms with Crippen LogP contribution in [0.3, 0.4) is 0 Å². The Kier molecular flexibility index (Phi) is 3.90. The Morgan fingerprint density at radius 1 is 0.957 bits per heavy atom. The first kappa shape index (κ1) is 17.2. The van der Waals surface area contributed by atoms with Gasteiger partial charge in [0.15, 0.2) is 0 Å². The van der Waals surface area contributed by atoms with Crippen LogP contribution >= 0.6 is 0 Å². The van der Waals surface area contributed by atoms with Crippen molar-refractivity contribution >= 4 is 23.9 Å². The fourth-order valence-corrected chi connectivity index (χ4v) is 5.17. The molecule has 2 aliphatic carbocycles. The summed E-state index contributed by atoms with van der Waals surface area (Å²) >= 11 is 0. The number of rotatable bonds is 5. The van der Waals surface area contributed by atoms with Crippen LogP contribution in [0.15, 0.2) is 0 Å². The zero-order chi connectivity index (χ0) is 17.7. The highest BCUT2D eigenvalue weighted by Crippen LogP contribution is 2.72. The van der Waals surface area contributed by atoms with E-state index in [-0.39, 0.29) is 19.3 Å². The largest absolute Gasteiger partial charge is 0.481 e. The molecule has 0 radical (unpaired) electrons. The summed E-state index contributed by atoms with van der Waals surface area (Å²) in [6.07, 6.45) is -0.216. The maximum Gasteiger partial charge on any atom is 0.310 e.